The Morgan fingerprint density at radius 1 is 1.15 bits per heavy atom. The van der Waals surface area contributed by atoms with E-state index < -0.39 is 6.04 Å². The second kappa shape index (κ2) is 5.66. The maximum absolute atomic E-state index is 14.1. The maximum atomic E-state index is 14.1. The van der Waals surface area contributed by atoms with E-state index in [9.17, 15) is 4.39 Å². The van der Waals surface area contributed by atoms with Crippen molar-refractivity contribution >= 4 is 15.9 Å². The van der Waals surface area contributed by atoms with Gasteiger partial charge in [0.05, 0.1) is 10.5 Å². The molecule has 104 valence electrons. The number of halogens is 2. The van der Waals surface area contributed by atoms with Crippen LogP contribution in [0.4, 0.5) is 4.39 Å². The van der Waals surface area contributed by atoms with Crippen LogP contribution < -0.4 is 5.73 Å². The minimum atomic E-state index is -0.424. The molecule has 1 aliphatic rings. The molecular formula is C17H17BrFN. The van der Waals surface area contributed by atoms with E-state index >= 15 is 0 Å². The third-order valence-electron chi connectivity index (χ3n) is 4.16. The Hall–Kier alpha value is -1.19. The van der Waals surface area contributed by atoms with Gasteiger partial charge in [-0.05, 0) is 51.9 Å². The third-order valence-corrected chi connectivity index (χ3v) is 4.78. The topological polar surface area (TPSA) is 26.0 Å². The lowest BCUT2D eigenvalue weighted by Gasteiger charge is -2.26. The molecule has 1 fully saturated rings. The molecule has 1 atom stereocenters. The Bertz CT molecular complexity index is 622. The molecule has 0 aromatic heterocycles. The summed E-state index contributed by atoms with van der Waals surface area (Å²) in [6.45, 7) is 0. The first kappa shape index (κ1) is 13.8. The van der Waals surface area contributed by atoms with E-state index in [2.05, 4.69) is 28.1 Å². The van der Waals surface area contributed by atoms with Crippen LogP contribution in [0.1, 0.15) is 47.9 Å². The number of nitrogens with two attached hydrogens (primary N) is 1. The molecule has 2 aromatic rings. The molecule has 0 radical (unpaired) electrons. The lowest BCUT2D eigenvalue weighted by molar-refractivity contribution is 0.419. The van der Waals surface area contributed by atoms with Gasteiger partial charge in [0.25, 0.3) is 0 Å². The van der Waals surface area contributed by atoms with Crippen LogP contribution in [-0.2, 0) is 0 Å². The van der Waals surface area contributed by atoms with Gasteiger partial charge in [0.15, 0.2) is 0 Å². The summed E-state index contributed by atoms with van der Waals surface area (Å²) in [5.74, 6) is 0.392. The lowest BCUT2D eigenvalue weighted by Crippen LogP contribution is -2.15. The van der Waals surface area contributed by atoms with Crippen molar-refractivity contribution in [2.24, 2.45) is 5.73 Å². The molecule has 1 nitrogen and oxygen atoms in total. The summed E-state index contributed by atoms with van der Waals surface area (Å²) in [6.07, 6.45) is 3.81. The van der Waals surface area contributed by atoms with Gasteiger partial charge < -0.3 is 5.73 Å². The first-order chi connectivity index (χ1) is 9.66. The van der Waals surface area contributed by atoms with Crippen molar-refractivity contribution in [3.63, 3.8) is 0 Å². The Morgan fingerprint density at radius 3 is 2.60 bits per heavy atom. The summed E-state index contributed by atoms with van der Waals surface area (Å²) in [5.41, 5.74) is 9.10. The number of benzene rings is 2. The molecule has 0 saturated heterocycles. The predicted octanol–water partition coefficient (Wildman–Crippen LogP) is 4.90. The third kappa shape index (κ3) is 2.52. The zero-order chi connectivity index (χ0) is 14.1. The van der Waals surface area contributed by atoms with E-state index in [0.29, 0.717) is 16.0 Å². The second-order valence-corrected chi connectivity index (χ2v) is 6.27. The molecule has 2 N–H and O–H groups in total. The van der Waals surface area contributed by atoms with Gasteiger partial charge in [0, 0.05) is 5.56 Å². The lowest BCUT2D eigenvalue weighted by atomic mass is 9.79. The van der Waals surface area contributed by atoms with Crippen LogP contribution >= 0.6 is 15.9 Å². The fraction of sp³-hybridized carbons (Fsp3) is 0.294. The highest BCUT2D eigenvalue weighted by Gasteiger charge is 2.21. The largest absolute Gasteiger partial charge is 0.320 e. The van der Waals surface area contributed by atoms with Gasteiger partial charge in [0.2, 0.25) is 0 Å². The van der Waals surface area contributed by atoms with Gasteiger partial charge in [-0.3, -0.25) is 0 Å². The highest BCUT2D eigenvalue weighted by atomic mass is 79.9. The first-order valence-electron chi connectivity index (χ1n) is 6.96. The normalized spacial score (nSPS) is 16.8. The average molecular weight is 334 g/mol. The molecular weight excluding hydrogens is 317 g/mol. The maximum Gasteiger partial charge on any atom is 0.142 e. The summed E-state index contributed by atoms with van der Waals surface area (Å²) >= 11 is 3.21. The molecule has 1 saturated carbocycles. The van der Waals surface area contributed by atoms with Crippen molar-refractivity contribution in [3.05, 3.63) is 69.4 Å². The highest BCUT2D eigenvalue weighted by molar-refractivity contribution is 9.10. The molecule has 0 aliphatic heterocycles. The van der Waals surface area contributed by atoms with Crippen LogP contribution in [0, 0.1) is 5.82 Å². The van der Waals surface area contributed by atoms with Gasteiger partial charge >= 0.3 is 0 Å². The molecule has 3 heteroatoms. The Balaban J connectivity index is 1.93. The van der Waals surface area contributed by atoms with Crippen LogP contribution in [0.15, 0.2) is 46.9 Å². The summed E-state index contributed by atoms with van der Waals surface area (Å²) in [4.78, 5) is 0. The molecule has 20 heavy (non-hydrogen) atoms. The van der Waals surface area contributed by atoms with Gasteiger partial charge in [0.1, 0.15) is 5.82 Å². The van der Waals surface area contributed by atoms with Crippen molar-refractivity contribution in [2.45, 2.75) is 31.2 Å². The van der Waals surface area contributed by atoms with Crippen LogP contribution in [0.5, 0.6) is 0 Å². The van der Waals surface area contributed by atoms with Gasteiger partial charge in [-0.1, -0.05) is 42.8 Å². The fourth-order valence-corrected chi connectivity index (χ4v) is 3.07. The van der Waals surface area contributed by atoms with Crippen molar-refractivity contribution < 1.29 is 4.39 Å². The summed E-state index contributed by atoms with van der Waals surface area (Å²) in [6, 6.07) is 13.1. The predicted molar refractivity (Wildman–Crippen MR) is 83.2 cm³/mol. The zero-order valence-electron chi connectivity index (χ0n) is 11.2. The van der Waals surface area contributed by atoms with E-state index in [-0.39, 0.29) is 5.82 Å². The summed E-state index contributed by atoms with van der Waals surface area (Å²) in [5, 5.41) is 0. The summed E-state index contributed by atoms with van der Waals surface area (Å²) < 4.78 is 14.6. The van der Waals surface area contributed by atoms with Crippen LogP contribution in [0.3, 0.4) is 0 Å². The molecule has 3 rings (SSSR count). The number of hydrogen-bond acceptors (Lipinski definition) is 1. The first-order valence-corrected chi connectivity index (χ1v) is 7.75. The van der Waals surface area contributed by atoms with Crippen LogP contribution in [0.25, 0.3) is 0 Å². The Kier molecular flexibility index (Phi) is 3.90. The van der Waals surface area contributed by atoms with Crippen molar-refractivity contribution in [1.29, 1.82) is 0 Å². The van der Waals surface area contributed by atoms with Gasteiger partial charge in [-0.15, -0.1) is 0 Å². The Labute approximate surface area is 127 Å². The molecule has 0 bridgehead atoms. The van der Waals surface area contributed by atoms with Gasteiger partial charge in [-0.25, -0.2) is 4.39 Å². The highest BCUT2D eigenvalue weighted by Crippen LogP contribution is 2.37. The molecule has 0 heterocycles. The zero-order valence-corrected chi connectivity index (χ0v) is 12.7. The second-order valence-electron chi connectivity index (χ2n) is 5.42. The van der Waals surface area contributed by atoms with Gasteiger partial charge in [-0.2, -0.15) is 0 Å². The van der Waals surface area contributed by atoms with Crippen LogP contribution in [-0.4, -0.2) is 0 Å². The molecule has 1 aliphatic carbocycles. The van der Waals surface area contributed by atoms with Crippen molar-refractivity contribution in [2.75, 3.05) is 0 Å². The van der Waals surface area contributed by atoms with E-state index in [0.717, 1.165) is 5.56 Å². The molecule has 1 unspecified atom stereocenters. The fourth-order valence-electron chi connectivity index (χ4n) is 2.69. The van der Waals surface area contributed by atoms with Crippen molar-refractivity contribution in [1.82, 2.24) is 0 Å². The monoisotopic (exact) mass is 333 g/mol. The molecule has 0 spiro atoms. The summed E-state index contributed by atoms with van der Waals surface area (Å²) in [7, 11) is 0. The SMILES string of the molecule is NC(c1cccc(C2CCC2)c1)c1cccc(Br)c1F. The number of hydrogen-bond donors (Lipinski definition) is 1. The van der Waals surface area contributed by atoms with Crippen molar-refractivity contribution in [3.8, 4) is 0 Å². The average Bonchev–Trinajstić information content (AvgIpc) is 2.40. The minimum Gasteiger partial charge on any atom is -0.320 e. The standard InChI is InChI=1S/C17H17BrFN/c18-15-9-3-8-14(16(15)19)17(20)13-7-2-6-12(10-13)11-4-1-5-11/h2-3,6-11,17H,1,4-5,20H2. The van der Waals surface area contributed by atoms with E-state index in [1.807, 2.05) is 18.2 Å². The molecule has 0 amide bonds. The van der Waals surface area contributed by atoms with Crippen LogP contribution in [0.2, 0.25) is 0 Å². The number of rotatable bonds is 3. The van der Waals surface area contributed by atoms with E-state index in [1.165, 1.54) is 24.8 Å². The van der Waals surface area contributed by atoms with E-state index in [1.54, 1.807) is 12.1 Å². The minimum absolute atomic E-state index is 0.269. The smallest absolute Gasteiger partial charge is 0.142 e. The Morgan fingerprint density at radius 2 is 1.90 bits per heavy atom. The quantitative estimate of drug-likeness (QED) is 0.848. The van der Waals surface area contributed by atoms with E-state index in [4.69, 9.17) is 5.73 Å². The molecule has 2 aromatic carbocycles.